The van der Waals surface area contributed by atoms with Crippen LogP contribution >= 0.6 is 0 Å². The predicted octanol–water partition coefficient (Wildman–Crippen LogP) is 5.57. The normalized spacial score (nSPS) is 12.5. The van der Waals surface area contributed by atoms with Crippen molar-refractivity contribution in [2.75, 3.05) is 0 Å². The van der Waals surface area contributed by atoms with Crippen LogP contribution in [-0.2, 0) is 25.7 Å². The minimum absolute atomic E-state index is 0.961. The van der Waals surface area contributed by atoms with Crippen molar-refractivity contribution in [1.82, 2.24) is 0 Å². The third-order valence-corrected chi connectivity index (χ3v) is 5.59. The SMILES string of the molecule is C#Cc1cc2ccc1CCc1ccc(c(C#Cc3cc(C)ccc3C)c1)CC2. The molecule has 0 saturated carbocycles. The first-order chi connectivity index (χ1) is 13.6. The molecular weight excluding hydrogens is 336 g/mol. The van der Waals surface area contributed by atoms with E-state index in [9.17, 15) is 0 Å². The second-order valence-corrected chi connectivity index (χ2v) is 7.70. The molecule has 4 aliphatic carbocycles. The molecule has 0 amide bonds. The van der Waals surface area contributed by atoms with E-state index in [0.29, 0.717) is 0 Å². The maximum absolute atomic E-state index is 5.74. The molecule has 4 bridgehead atoms. The Morgan fingerprint density at radius 2 is 1.25 bits per heavy atom. The van der Waals surface area contributed by atoms with Gasteiger partial charge in [0.2, 0.25) is 0 Å². The number of hydrogen-bond donors (Lipinski definition) is 0. The molecule has 0 unspecified atom stereocenters. The summed E-state index contributed by atoms with van der Waals surface area (Å²) in [6.45, 7) is 4.24. The van der Waals surface area contributed by atoms with Crippen LogP contribution < -0.4 is 0 Å². The second kappa shape index (κ2) is 7.80. The van der Waals surface area contributed by atoms with Gasteiger partial charge in [-0.05, 0) is 91.1 Å². The summed E-state index contributed by atoms with van der Waals surface area (Å²) >= 11 is 0. The fourth-order valence-electron chi connectivity index (χ4n) is 3.81. The summed E-state index contributed by atoms with van der Waals surface area (Å²) in [5, 5.41) is 0. The minimum Gasteiger partial charge on any atom is -0.115 e. The van der Waals surface area contributed by atoms with Crippen LogP contribution in [0, 0.1) is 38.0 Å². The van der Waals surface area contributed by atoms with E-state index in [1.165, 1.54) is 33.4 Å². The highest BCUT2D eigenvalue weighted by molar-refractivity contribution is 5.51. The number of rotatable bonds is 0. The Labute approximate surface area is 168 Å². The Morgan fingerprint density at radius 3 is 1.93 bits per heavy atom. The zero-order valence-corrected chi connectivity index (χ0v) is 16.6. The second-order valence-electron chi connectivity index (χ2n) is 7.70. The number of hydrogen-bond acceptors (Lipinski definition) is 0. The van der Waals surface area contributed by atoms with Crippen molar-refractivity contribution in [2.24, 2.45) is 0 Å². The van der Waals surface area contributed by atoms with Crippen LogP contribution in [-0.4, -0.2) is 0 Å². The molecular formula is C28H24. The summed E-state index contributed by atoms with van der Waals surface area (Å²) in [6.07, 6.45) is 9.63. The summed E-state index contributed by atoms with van der Waals surface area (Å²) in [4.78, 5) is 0. The van der Waals surface area contributed by atoms with Gasteiger partial charge in [-0.2, -0.15) is 0 Å². The molecule has 0 nitrogen and oxygen atoms in total. The van der Waals surface area contributed by atoms with Crippen LogP contribution in [0.2, 0.25) is 0 Å². The Balaban J connectivity index is 1.72. The van der Waals surface area contributed by atoms with Crippen molar-refractivity contribution in [3.8, 4) is 24.2 Å². The largest absolute Gasteiger partial charge is 0.115 e. The molecule has 28 heavy (non-hydrogen) atoms. The van der Waals surface area contributed by atoms with Gasteiger partial charge in [-0.3, -0.25) is 0 Å². The van der Waals surface area contributed by atoms with Gasteiger partial charge in [0.05, 0.1) is 0 Å². The first kappa shape index (κ1) is 18.2. The van der Waals surface area contributed by atoms with Crippen LogP contribution in [0.1, 0.15) is 50.1 Å². The Morgan fingerprint density at radius 1 is 0.643 bits per heavy atom. The monoisotopic (exact) mass is 360 g/mol. The Bertz CT molecular complexity index is 1140. The van der Waals surface area contributed by atoms with Crippen molar-refractivity contribution >= 4 is 0 Å². The average molecular weight is 361 g/mol. The van der Waals surface area contributed by atoms with Gasteiger partial charge in [-0.1, -0.05) is 54.2 Å². The third-order valence-electron chi connectivity index (χ3n) is 5.59. The highest BCUT2D eigenvalue weighted by atomic mass is 14.1. The first-order valence-corrected chi connectivity index (χ1v) is 9.92. The van der Waals surface area contributed by atoms with E-state index in [4.69, 9.17) is 6.42 Å². The standard InChI is InChI=1S/C28H24/c1-4-24-18-22-7-11-25(24)12-8-23-10-14-26(13-9-22)28(19-23)16-15-27-17-20(2)5-6-21(27)3/h1,5-7,10-11,14,17-19H,8-9,12-13H2,2-3H3. The molecule has 0 N–H and O–H groups in total. The average Bonchev–Trinajstić information content (AvgIpc) is 2.70. The summed E-state index contributed by atoms with van der Waals surface area (Å²) < 4.78 is 0. The molecule has 136 valence electrons. The van der Waals surface area contributed by atoms with Crippen LogP contribution in [0.4, 0.5) is 0 Å². The van der Waals surface area contributed by atoms with Crippen LogP contribution in [0.5, 0.6) is 0 Å². The van der Waals surface area contributed by atoms with Crippen molar-refractivity contribution in [3.63, 3.8) is 0 Å². The lowest BCUT2D eigenvalue weighted by Gasteiger charge is -2.13. The van der Waals surface area contributed by atoms with E-state index >= 15 is 0 Å². The van der Waals surface area contributed by atoms with Gasteiger partial charge < -0.3 is 0 Å². The summed E-state index contributed by atoms with van der Waals surface area (Å²) in [7, 11) is 0. The van der Waals surface area contributed by atoms with Gasteiger partial charge in [0.25, 0.3) is 0 Å². The van der Waals surface area contributed by atoms with Crippen molar-refractivity contribution in [1.29, 1.82) is 0 Å². The molecule has 0 radical (unpaired) electrons. The van der Waals surface area contributed by atoms with Crippen LogP contribution in [0.25, 0.3) is 0 Å². The zero-order valence-electron chi connectivity index (χ0n) is 16.6. The quantitative estimate of drug-likeness (QED) is 0.460. The first-order valence-electron chi connectivity index (χ1n) is 9.92. The number of aryl methyl sites for hydroxylation is 6. The van der Waals surface area contributed by atoms with Crippen molar-refractivity contribution in [2.45, 2.75) is 39.5 Å². The molecule has 7 rings (SSSR count). The van der Waals surface area contributed by atoms with Crippen LogP contribution in [0.15, 0.2) is 54.6 Å². The van der Waals surface area contributed by atoms with E-state index in [2.05, 4.69) is 86.2 Å². The lowest BCUT2D eigenvalue weighted by Crippen LogP contribution is -2.02. The molecule has 0 atom stereocenters. The molecule has 0 spiro atoms. The van der Waals surface area contributed by atoms with Gasteiger partial charge in [-0.25, -0.2) is 0 Å². The third kappa shape index (κ3) is 3.88. The number of benzene rings is 3. The lowest BCUT2D eigenvalue weighted by atomic mass is 9.91. The maximum Gasteiger partial charge on any atom is 0.0283 e. The highest BCUT2D eigenvalue weighted by Gasteiger charge is 2.09. The molecule has 0 aromatic heterocycles. The highest BCUT2D eigenvalue weighted by Crippen LogP contribution is 2.21. The van der Waals surface area contributed by atoms with Gasteiger partial charge in [0.15, 0.2) is 0 Å². The van der Waals surface area contributed by atoms with E-state index < -0.39 is 0 Å². The van der Waals surface area contributed by atoms with E-state index in [-0.39, 0.29) is 0 Å². The Kier molecular flexibility index (Phi) is 5.06. The molecule has 0 heterocycles. The van der Waals surface area contributed by atoms with Gasteiger partial charge in [-0.15, -0.1) is 6.42 Å². The molecule has 0 fully saturated rings. The van der Waals surface area contributed by atoms with Crippen LogP contribution in [0.3, 0.4) is 0 Å². The van der Waals surface area contributed by atoms with E-state index in [1.54, 1.807) is 0 Å². The smallest absolute Gasteiger partial charge is 0.0283 e. The topological polar surface area (TPSA) is 0 Å². The molecule has 0 aliphatic heterocycles. The summed E-state index contributed by atoms with van der Waals surface area (Å²) in [5.74, 6) is 9.76. The van der Waals surface area contributed by atoms with Gasteiger partial charge in [0.1, 0.15) is 0 Å². The molecule has 3 aromatic rings. The molecule has 4 aliphatic rings. The fraction of sp³-hybridized carbons (Fsp3) is 0.214. The molecule has 3 aromatic carbocycles. The van der Waals surface area contributed by atoms with Gasteiger partial charge in [0, 0.05) is 16.7 Å². The predicted molar refractivity (Wildman–Crippen MR) is 118 cm³/mol. The number of terminal acetylenes is 1. The fourth-order valence-corrected chi connectivity index (χ4v) is 3.81. The summed E-state index contributed by atoms with van der Waals surface area (Å²) in [5.41, 5.74) is 11.0. The maximum atomic E-state index is 5.74. The van der Waals surface area contributed by atoms with Gasteiger partial charge >= 0.3 is 0 Å². The molecule has 0 heteroatoms. The lowest BCUT2D eigenvalue weighted by molar-refractivity contribution is 0.916. The van der Waals surface area contributed by atoms with E-state index in [1.807, 2.05) is 0 Å². The van der Waals surface area contributed by atoms with Crippen molar-refractivity contribution < 1.29 is 0 Å². The minimum atomic E-state index is 0.961. The molecule has 0 saturated heterocycles. The van der Waals surface area contributed by atoms with Crippen molar-refractivity contribution in [3.05, 3.63) is 105 Å². The summed E-state index contributed by atoms with van der Waals surface area (Å²) in [6, 6.07) is 19.9. The Hall–Kier alpha value is -3.22. The van der Waals surface area contributed by atoms with E-state index in [0.717, 1.165) is 42.4 Å². The zero-order chi connectivity index (χ0) is 19.5.